The van der Waals surface area contributed by atoms with Crippen LogP contribution >= 0.6 is 23.4 Å². The molecular weight excluding hydrogens is 564 g/mol. The van der Waals surface area contributed by atoms with Crippen LogP contribution in [0.1, 0.15) is 5.56 Å². The number of amides is 1. The quantitative estimate of drug-likeness (QED) is 0.270. The van der Waals surface area contributed by atoms with Crippen LogP contribution in [0, 0.1) is 0 Å². The first kappa shape index (κ1) is 30.3. The van der Waals surface area contributed by atoms with Crippen LogP contribution in [0.2, 0.25) is 5.02 Å². The molecule has 3 aromatic rings. The van der Waals surface area contributed by atoms with Crippen molar-refractivity contribution in [1.82, 2.24) is 5.32 Å². The molecule has 0 bridgehead atoms. The highest BCUT2D eigenvalue weighted by molar-refractivity contribution is 7.98. The summed E-state index contributed by atoms with van der Waals surface area (Å²) in [6.07, 6.45) is 0. The van der Waals surface area contributed by atoms with Crippen LogP contribution in [0.4, 0.5) is 5.69 Å². The van der Waals surface area contributed by atoms with Crippen LogP contribution in [0.15, 0.2) is 65.6 Å². The van der Waals surface area contributed by atoms with Crippen molar-refractivity contribution in [2.24, 2.45) is 0 Å². The van der Waals surface area contributed by atoms with Crippen molar-refractivity contribution >= 4 is 45.0 Å². The molecule has 0 aliphatic rings. The predicted molar refractivity (Wildman–Crippen MR) is 154 cm³/mol. The Morgan fingerprint density at radius 1 is 0.897 bits per heavy atom. The largest absolute Gasteiger partial charge is 0.497 e. The molecule has 0 saturated carbocycles. The monoisotopic (exact) mass is 594 g/mol. The third kappa shape index (κ3) is 7.87. The Kier molecular flexibility index (Phi) is 11.0. The highest BCUT2D eigenvalue weighted by atomic mass is 35.5. The number of carbonyl (C=O) groups is 1. The number of rotatable bonds is 14. The van der Waals surface area contributed by atoms with Gasteiger partial charge in [-0.15, -0.1) is 0 Å². The van der Waals surface area contributed by atoms with E-state index in [0.29, 0.717) is 28.8 Å². The molecule has 12 heteroatoms. The number of benzene rings is 3. The third-order valence-corrected chi connectivity index (χ3v) is 8.63. The first-order valence-corrected chi connectivity index (χ1v) is 14.8. The van der Waals surface area contributed by atoms with Crippen molar-refractivity contribution in [3.8, 4) is 23.0 Å². The summed E-state index contributed by atoms with van der Waals surface area (Å²) in [4.78, 5) is 12.9. The van der Waals surface area contributed by atoms with E-state index in [4.69, 9.17) is 30.5 Å². The Morgan fingerprint density at radius 3 is 2.28 bits per heavy atom. The zero-order chi connectivity index (χ0) is 28.4. The van der Waals surface area contributed by atoms with Gasteiger partial charge in [0, 0.05) is 35.2 Å². The van der Waals surface area contributed by atoms with Gasteiger partial charge in [-0.2, -0.15) is 11.8 Å². The fraction of sp³-hybridized carbons (Fsp3) is 0.296. The molecule has 0 unspecified atom stereocenters. The Labute approximate surface area is 238 Å². The molecular formula is C27H31ClN2O7S2. The number of nitrogens with zero attached hydrogens (tertiary/aromatic N) is 1. The molecule has 39 heavy (non-hydrogen) atoms. The van der Waals surface area contributed by atoms with Crippen LogP contribution in [-0.4, -0.2) is 61.6 Å². The molecule has 3 aromatic carbocycles. The van der Waals surface area contributed by atoms with Gasteiger partial charge in [-0.1, -0.05) is 23.7 Å². The number of sulfonamides is 1. The second-order valence-corrected chi connectivity index (χ2v) is 11.5. The number of halogens is 1. The Balaban J connectivity index is 1.82. The summed E-state index contributed by atoms with van der Waals surface area (Å²) < 4.78 is 50.1. The van der Waals surface area contributed by atoms with E-state index < -0.39 is 22.5 Å². The van der Waals surface area contributed by atoms with Crippen molar-refractivity contribution in [1.29, 1.82) is 0 Å². The van der Waals surface area contributed by atoms with Gasteiger partial charge in [0.1, 0.15) is 18.0 Å². The van der Waals surface area contributed by atoms with Gasteiger partial charge < -0.3 is 24.3 Å². The lowest BCUT2D eigenvalue weighted by Gasteiger charge is -2.26. The van der Waals surface area contributed by atoms with Gasteiger partial charge in [-0.3, -0.25) is 9.10 Å². The lowest BCUT2D eigenvalue weighted by molar-refractivity contribution is -0.119. The van der Waals surface area contributed by atoms with Gasteiger partial charge in [0.05, 0.1) is 39.0 Å². The minimum atomic E-state index is -4.26. The molecule has 0 aliphatic carbocycles. The van der Waals surface area contributed by atoms with Gasteiger partial charge in [0.2, 0.25) is 5.91 Å². The standard InChI is InChI=1S/C27H31ClN2O7S2/c1-34-21-8-10-24(35-2)23(15-21)30(39(32,33)22-9-11-25(36-3)26(16-22)37-4)17-27(31)29-12-13-38-18-19-6-5-7-20(28)14-19/h5-11,14-16H,12-13,17-18H2,1-4H3,(H,29,31). The molecule has 0 fully saturated rings. The van der Waals surface area contributed by atoms with Gasteiger partial charge >= 0.3 is 0 Å². The normalized spacial score (nSPS) is 11.0. The first-order chi connectivity index (χ1) is 18.7. The lowest BCUT2D eigenvalue weighted by Crippen LogP contribution is -2.41. The Bertz CT molecular complexity index is 1390. The SMILES string of the molecule is COc1ccc(OC)c(N(CC(=O)NCCSCc2cccc(Cl)c2)S(=O)(=O)c2ccc(OC)c(OC)c2)c1. The number of nitrogens with one attached hydrogen (secondary N) is 1. The topological polar surface area (TPSA) is 103 Å². The Hall–Kier alpha value is -3.28. The second kappa shape index (κ2) is 14.2. The molecule has 0 radical (unpaired) electrons. The van der Waals surface area contributed by atoms with Crippen molar-refractivity contribution in [3.05, 3.63) is 71.2 Å². The van der Waals surface area contributed by atoms with E-state index in [0.717, 1.165) is 15.6 Å². The predicted octanol–water partition coefficient (Wildman–Crippen LogP) is 4.62. The smallest absolute Gasteiger partial charge is 0.265 e. The van der Waals surface area contributed by atoms with E-state index >= 15 is 0 Å². The number of methoxy groups -OCH3 is 4. The highest BCUT2D eigenvalue weighted by Crippen LogP contribution is 2.37. The highest BCUT2D eigenvalue weighted by Gasteiger charge is 2.31. The minimum absolute atomic E-state index is 0.0881. The van der Waals surface area contributed by atoms with E-state index in [-0.39, 0.29) is 22.1 Å². The van der Waals surface area contributed by atoms with E-state index in [9.17, 15) is 13.2 Å². The summed E-state index contributed by atoms with van der Waals surface area (Å²) in [5.74, 6) is 2.14. The van der Waals surface area contributed by atoms with E-state index in [1.165, 1.54) is 52.7 Å². The molecule has 0 aliphatic heterocycles. The molecule has 0 spiro atoms. The number of hydrogen-bond acceptors (Lipinski definition) is 8. The van der Waals surface area contributed by atoms with Crippen LogP contribution in [-0.2, 0) is 20.6 Å². The summed E-state index contributed by atoms with van der Waals surface area (Å²) in [5.41, 5.74) is 1.23. The molecule has 1 N–H and O–H groups in total. The van der Waals surface area contributed by atoms with Crippen molar-refractivity contribution in [2.75, 3.05) is 51.6 Å². The average molecular weight is 595 g/mol. The zero-order valence-corrected chi connectivity index (χ0v) is 24.5. The number of thioether (sulfide) groups is 1. The van der Waals surface area contributed by atoms with Gasteiger partial charge in [-0.25, -0.2) is 8.42 Å². The lowest BCUT2D eigenvalue weighted by atomic mass is 10.2. The van der Waals surface area contributed by atoms with Crippen LogP contribution < -0.4 is 28.6 Å². The summed E-state index contributed by atoms with van der Waals surface area (Å²) in [7, 11) is 1.50. The molecule has 1 amide bonds. The summed E-state index contributed by atoms with van der Waals surface area (Å²) in [6.45, 7) is -0.136. The number of carbonyl (C=O) groups excluding carboxylic acids is 1. The maximum absolute atomic E-state index is 13.9. The van der Waals surface area contributed by atoms with Crippen molar-refractivity contribution in [2.45, 2.75) is 10.6 Å². The maximum Gasteiger partial charge on any atom is 0.265 e. The first-order valence-electron chi connectivity index (χ1n) is 11.8. The fourth-order valence-corrected chi connectivity index (χ4v) is 6.12. The molecule has 0 atom stereocenters. The molecule has 3 rings (SSSR count). The number of ether oxygens (including phenoxy) is 4. The van der Waals surface area contributed by atoms with E-state index in [1.54, 1.807) is 23.9 Å². The number of anilines is 1. The Morgan fingerprint density at radius 2 is 1.62 bits per heavy atom. The van der Waals surface area contributed by atoms with Crippen LogP contribution in [0.3, 0.4) is 0 Å². The minimum Gasteiger partial charge on any atom is -0.497 e. The second-order valence-electron chi connectivity index (χ2n) is 8.10. The average Bonchev–Trinajstić information content (AvgIpc) is 2.94. The van der Waals surface area contributed by atoms with Gasteiger partial charge in [0.25, 0.3) is 10.0 Å². The fourth-order valence-electron chi connectivity index (χ4n) is 3.66. The maximum atomic E-state index is 13.9. The molecule has 9 nitrogen and oxygen atoms in total. The molecule has 0 saturated heterocycles. The van der Waals surface area contributed by atoms with Gasteiger partial charge in [0.15, 0.2) is 11.5 Å². The van der Waals surface area contributed by atoms with Crippen molar-refractivity contribution in [3.63, 3.8) is 0 Å². The van der Waals surface area contributed by atoms with Crippen molar-refractivity contribution < 1.29 is 32.2 Å². The van der Waals surface area contributed by atoms with Crippen LogP contribution in [0.25, 0.3) is 0 Å². The third-order valence-electron chi connectivity index (χ3n) is 5.61. The number of hydrogen-bond donors (Lipinski definition) is 1. The summed E-state index contributed by atoms with van der Waals surface area (Å²) in [5, 5.41) is 3.47. The van der Waals surface area contributed by atoms with Gasteiger partial charge in [-0.05, 0) is 42.0 Å². The molecule has 0 heterocycles. The van der Waals surface area contributed by atoms with Crippen LogP contribution in [0.5, 0.6) is 23.0 Å². The molecule has 210 valence electrons. The van der Waals surface area contributed by atoms with E-state index in [2.05, 4.69) is 5.32 Å². The molecule has 0 aromatic heterocycles. The van der Waals surface area contributed by atoms with E-state index in [1.807, 2.05) is 24.3 Å². The summed E-state index contributed by atoms with van der Waals surface area (Å²) >= 11 is 7.65. The summed E-state index contributed by atoms with van der Waals surface area (Å²) in [6, 6.07) is 16.5. The zero-order valence-electron chi connectivity index (χ0n) is 22.1.